The third-order valence-electron chi connectivity index (χ3n) is 13.4. The molecule has 6 aromatic rings. The molecule has 2 spiro atoms. The van der Waals surface area contributed by atoms with E-state index in [1.165, 1.54) is 0 Å². The Balaban J connectivity index is 0.000000154. The van der Waals surface area contributed by atoms with Gasteiger partial charge >= 0.3 is 11.9 Å². The predicted molar refractivity (Wildman–Crippen MR) is 232 cm³/mol. The molecule has 300 valence electrons. The van der Waals surface area contributed by atoms with Crippen molar-refractivity contribution < 1.29 is 29.4 Å². The van der Waals surface area contributed by atoms with Gasteiger partial charge in [0.25, 0.3) is 0 Å². The number of rotatable bonds is 8. The van der Waals surface area contributed by atoms with Gasteiger partial charge < -0.3 is 20.0 Å². The fourth-order valence-corrected chi connectivity index (χ4v) is 10.3. The van der Waals surface area contributed by atoms with Gasteiger partial charge in [-0.2, -0.15) is 0 Å². The number of benzene rings is 6. The second-order valence-electron chi connectivity index (χ2n) is 16.7. The number of anilines is 2. The Kier molecular flexibility index (Phi) is 9.30. The minimum atomic E-state index is -0.973. The highest BCUT2D eigenvalue weighted by Crippen LogP contribution is 2.71. The number of carboxylic acids is 2. The maximum atomic E-state index is 13.8. The monoisotopic (exact) mass is 834 g/mol. The van der Waals surface area contributed by atoms with Crippen LogP contribution in [0.3, 0.4) is 0 Å². The molecular formula is C50H40Cl2N2O6. The molecule has 2 aliphatic carbocycles. The highest BCUT2D eigenvalue weighted by atomic mass is 35.5. The first-order chi connectivity index (χ1) is 28.7. The number of aromatic carboxylic acids is 2. The molecule has 10 heteroatoms. The van der Waals surface area contributed by atoms with Crippen molar-refractivity contribution >= 4 is 58.3 Å². The Hall–Kier alpha value is -6.22. The lowest BCUT2D eigenvalue weighted by atomic mass is 9.83. The van der Waals surface area contributed by atoms with Crippen LogP contribution in [0.1, 0.15) is 80.8 Å². The van der Waals surface area contributed by atoms with Crippen LogP contribution in [0.15, 0.2) is 146 Å². The molecule has 0 aromatic heterocycles. The molecule has 0 saturated heterocycles. The van der Waals surface area contributed by atoms with Gasteiger partial charge in [-0.3, -0.25) is 9.59 Å². The molecule has 6 aromatic carbocycles. The van der Waals surface area contributed by atoms with Gasteiger partial charge in [0.2, 0.25) is 11.8 Å². The molecule has 4 aliphatic rings. The maximum absolute atomic E-state index is 13.8. The predicted octanol–water partition coefficient (Wildman–Crippen LogP) is 10.4. The summed E-state index contributed by atoms with van der Waals surface area (Å²) in [6, 6.07) is 44.9. The number of carbonyl (C=O) groups is 4. The summed E-state index contributed by atoms with van der Waals surface area (Å²) >= 11 is 12.1. The Bertz CT molecular complexity index is 2570. The van der Waals surface area contributed by atoms with E-state index in [-0.39, 0.29) is 33.8 Å². The van der Waals surface area contributed by atoms with Crippen LogP contribution < -0.4 is 9.80 Å². The molecule has 4 atom stereocenters. The molecule has 0 unspecified atom stereocenters. The van der Waals surface area contributed by atoms with Crippen molar-refractivity contribution in [2.75, 3.05) is 9.80 Å². The van der Waals surface area contributed by atoms with Gasteiger partial charge in [0, 0.05) is 32.3 Å². The van der Waals surface area contributed by atoms with Crippen molar-refractivity contribution in [2.24, 2.45) is 0 Å². The van der Waals surface area contributed by atoms with E-state index < -0.39 is 22.8 Å². The molecular weight excluding hydrogens is 795 g/mol. The zero-order valence-electron chi connectivity index (χ0n) is 32.9. The van der Waals surface area contributed by atoms with Crippen molar-refractivity contribution in [3.63, 3.8) is 0 Å². The maximum Gasteiger partial charge on any atom is 0.335 e. The highest BCUT2D eigenvalue weighted by molar-refractivity contribution is 6.31. The van der Waals surface area contributed by atoms with Crippen LogP contribution in [0.2, 0.25) is 10.0 Å². The van der Waals surface area contributed by atoms with Gasteiger partial charge in [-0.15, -0.1) is 0 Å². The van der Waals surface area contributed by atoms with Crippen LogP contribution >= 0.6 is 23.2 Å². The summed E-state index contributed by atoms with van der Waals surface area (Å²) in [6.45, 7) is 4.96. The highest BCUT2D eigenvalue weighted by Gasteiger charge is 2.75. The van der Waals surface area contributed by atoms with Gasteiger partial charge in [0.1, 0.15) is 0 Å². The van der Waals surface area contributed by atoms with E-state index in [0.29, 0.717) is 23.1 Å². The Labute approximate surface area is 357 Å². The Morgan fingerprint density at radius 1 is 0.533 bits per heavy atom. The number of nitrogens with zero attached hydrogens (tertiary/aromatic N) is 2. The zero-order chi connectivity index (χ0) is 42.2. The molecule has 2 N–H and O–H groups in total. The number of hydrogen-bond donors (Lipinski definition) is 2. The first-order valence-corrected chi connectivity index (χ1v) is 20.5. The molecule has 60 heavy (non-hydrogen) atoms. The molecule has 0 bridgehead atoms. The largest absolute Gasteiger partial charge is 0.478 e. The standard InChI is InChI=1S/2C25H20ClNO3/c2*1-24(18-9-11-19(26)12-10-18)15-25(24)20-7-2-3-8-21(20)27(23(25)30)14-16-5-4-6-17(13-16)22(28)29/h2*2-13H,14-15H2,1H3,(H,28,29)/t2*24-,25+/m10/s1. The number of para-hydroxylation sites is 2. The first-order valence-electron chi connectivity index (χ1n) is 19.7. The summed E-state index contributed by atoms with van der Waals surface area (Å²) in [5.41, 5.74) is 6.33. The minimum Gasteiger partial charge on any atom is -0.478 e. The second kappa shape index (κ2) is 14.2. The van der Waals surface area contributed by atoms with E-state index in [9.17, 15) is 29.4 Å². The fourth-order valence-electron chi connectivity index (χ4n) is 10.0. The van der Waals surface area contributed by atoms with E-state index >= 15 is 0 Å². The first kappa shape index (κ1) is 39.3. The molecule has 8 nitrogen and oxygen atoms in total. The average molecular weight is 836 g/mol. The molecule has 2 amide bonds. The number of carboxylic acid groups (broad SMARTS) is 2. The fraction of sp³-hybridized carbons (Fsp3) is 0.200. The summed E-state index contributed by atoms with van der Waals surface area (Å²) in [5, 5.41) is 19.9. The Morgan fingerprint density at radius 3 is 1.27 bits per heavy atom. The van der Waals surface area contributed by atoms with Crippen molar-refractivity contribution in [3.8, 4) is 0 Å². The average Bonchev–Trinajstić information content (AvgIpc) is 4.06. The lowest BCUT2D eigenvalue weighted by Gasteiger charge is -2.21. The number of amides is 2. The van der Waals surface area contributed by atoms with Crippen molar-refractivity contribution in [1.29, 1.82) is 0 Å². The topological polar surface area (TPSA) is 115 Å². The summed E-state index contributed by atoms with van der Waals surface area (Å²) in [7, 11) is 0. The quantitative estimate of drug-likeness (QED) is 0.158. The van der Waals surface area contributed by atoms with Gasteiger partial charge in [-0.05, 0) is 107 Å². The zero-order valence-corrected chi connectivity index (χ0v) is 34.4. The summed E-state index contributed by atoms with van der Waals surface area (Å²) < 4.78 is 0. The minimum absolute atomic E-state index is 0.0712. The molecule has 2 saturated carbocycles. The smallest absolute Gasteiger partial charge is 0.335 e. The normalized spacial score (nSPS) is 24.2. The number of fused-ring (bicyclic) bond motifs is 4. The number of hydrogen-bond acceptors (Lipinski definition) is 4. The SMILES string of the molecule is C[C@@]1(c2ccc(Cl)cc2)C[C@@]12C(=O)N(Cc1cccc(C(=O)O)c1)c1ccccc12.C[C@]1(c2ccc(Cl)cc2)C[C@]12C(=O)N(Cc1cccc(C(=O)O)c1)c1ccccc12. The third-order valence-corrected chi connectivity index (χ3v) is 13.9. The molecule has 0 radical (unpaired) electrons. The molecule has 10 rings (SSSR count). The molecule has 2 heterocycles. The van der Waals surface area contributed by atoms with E-state index in [1.807, 2.05) is 109 Å². The van der Waals surface area contributed by atoms with Crippen LogP contribution in [0.4, 0.5) is 11.4 Å². The van der Waals surface area contributed by atoms with Gasteiger partial charge in [0.05, 0.1) is 35.0 Å². The van der Waals surface area contributed by atoms with Crippen LogP contribution in [0.25, 0.3) is 0 Å². The lowest BCUT2D eigenvalue weighted by molar-refractivity contribution is -0.121. The van der Waals surface area contributed by atoms with Crippen LogP contribution in [-0.2, 0) is 44.3 Å². The summed E-state index contributed by atoms with van der Waals surface area (Å²) in [4.78, 5) is 53.9. The van der Waals surface area contributed by atoms with Gasteiger partial charge in [0.15, 0.2) is 0 Å². The number of carbonyl (C=O) groups excluding carboxylic acids is 2. The number of halogens is 2. The lowest BCUT2D eigenvalue weighted by Crippen LogP contribution is -2.35. The third kappa shape index (κ3) is 5.95. The van der Waals surface area contributed by atoms with Crippen LogP contribution in [0, 0.1) is 0 Å². The summed E-state index contributed by atoms with van der Waals surface area (Å²) in [5.74, 6) is -1.80. The van der Waals surface area contributed by atoms with Gasteiger partial charge in [-0.25, -0.2) is 9.59 Å². The molecule has 2 aliphatic heterocycles. The van der Waals surface area contributed by atoms with E-state index in [2.05, 4.69) is 13.8 Å². The van der Waals surface area contributed by atoms with Gasteiger partial charge in [-0.1, -0.05) is 122 Å². The second-order valence-corrected chi connectivity index (χ2v) is 17.5. The molecule has 2 fully saturated rings. The van der Waals surface area contributed by atoms with E-state index in [1.54, 1.807) is 46.2 Å². The Morgan fingerprint density at radius 2 is 0.900 bits per heavy atom. The van der Waals surface area contributed by atoms with E-state index in [0.717, 1.165) is 57.6 Å². The summed E-state index contributed by atoms with van der Waals surface area (Å²) in [6.07, 6.45) is 1.48. The van der Waals surface area contributed by atoms with Crippen LogP contribution in [-0.4, -0.2) is 34.0 Å². The van der Waals surface area contributed by atoms with Crippen molar-refractivity contribution in [3.05, 3.63) is 200 Å². The van der Waals surface area contributed by atoms with Crippen molar-refractivity contribution in [1.82, 2.24) is 0 Å². The van der Waals surface area contributed by atoms with Crippen molar-refractivity contribution in [2.45, 2.75) is 61.4 Å². The van der Waals surface area contributed by atoms with Crippen LogP contribution in [0.5, 0.6) is 0 Å². The van der Waals surface area contributed by atoms with E-state index in [4.69, 9.17) is 23.2 Å².